The summed E-state index contributed by atoms with van der Waals surface area (Å²) in [6.07, 6.45) is 3.02. The van der Waals surface area contributed by atoms with Crippen molar-refractivity contribution >= 4 is 0 Å². The maximum absolute atomic E-state index is 12.2. The molecule has 0 amide bonds. The average Bonchev–Trinajstić information content (AvgIpc) is 2.71. The number of alkyl halides is 3. The first-order chi connectivity index (χ1) is 13.9. The fourth-order valence-electron chi connectivity index (χ4n) is 4.95. The summed E-state index contributed by atoms with van der Waals surface area (Å²) in [5, 5.41) is 0. The molecule has 0 spiro atoms. The van der Waals surface area contributed by atoms with Gasteiger partial charge in [-0.1, -0.05) is 31.3 Å². The van der Waals surface area contributed by atoms with Gasteiger partial charge in [0.2, 0.25) is 0 Å². The molecule has 1 fully saturated rings. The molecule has 29 heavy (non-hydrogen) atoms. The van der Waals surface area contributed by atoms with E-state index in [-0.39, 0.29) is 5.75 Å². The summed E-state index contributed by atoms with van der Waals surface area (Å²) < 4.78 is 40.6. The van der Waals surface area contributed by atoms with E-state index in [0.29, 0.717) is 11.5 Å². The van der Waals surface area contributed by atoms with E-state index in [2.05, 4.69) is 41.7 Å². The van der Waals surface area contributed by atoms with Crippen molar-refractivity contribution in [2.75, 3.05) is 0 Å². The molecule has 2 aliphatic carbocycles. The summed E-state index contributed by atoms with van der Waals surface area (Å²) in [6, 6.07) is 12.2. The third-order valence-corrected chi connectivity index (χ3v) is 6.43. The van der Waals surface area contributed by atoms with Gasteiger partial charge >= 0.3 is 6.36 Å². The first-order valence-corrected chi connectivity index (χ1v) is 10.4. The van der Waals surface area contributed by atoms with Crippen LogP contribution in [0, 0.1) is 23.7 Å². The molecule has 4 rings (SSSR count). The van der Waals surface area contributed by atoms with Crippen LogP contribution in [0.2, 0.25) is 0 Å². The smallest absolute Gasteiger partial charge is 0.406 e. The van der Waals surface area contributed by atoms with Gasteiger partial charge in [0.1, 0.15) is 5.75 Å². The van der Waals surface area contributed by atoms with Crippen LogP contribution in [0.5, 0.6) is 5.75 Å². The highest BCUT2D eigenvalue weighted by Crippen LogP contribution is 2.47. The van der Waals surface area contributed by atoms with Gasteiger partial charge in [-0.2, -0.15) is 0 Å². The first kappa shape index (κ1) is 19.9. The van der Waals surface area contributed by atoms with Gasteiger partial charge in [0, 0.05) is 11.1 Å². The van der Waals surface area contributed by atoms with Crippen LogP contribution >= 0.6 is 0 Å². The third kappa shape index (κ3) is 4.78. The van der Waals surface area contributed by atoms with E-state index in [9.17, 15) is 13.2 Å². The minimum atomic E-state index is -4.68. The van der Waals surface area contributed by atoms with Crippen LogP contribution in [0.15, 0.2) is 42.5 Å². The number of hydrogen-bond acceptors (Lipinski definition) is 1. The molecular formula is C25H25F3O. The molecule has 0 aromatic heterocycles. The standard InChI is InChI=1S/C25H25F3O/c1-2-17-7-13-23-20(15-17)9-10-21-16-19(8-14-24(21)23)4-3-18-5-11-22(12-6-18)29-25(26,27)28/h5-6,8,11-12,14,16-17,20,23H,2,7,9-10,13,15H2,1H3/t17-,20-,23+/m1/s1. The quantitative estimate of drug-likeness (QED) is 0.503. The minimum absolute atomic E-state index is 0.232. The molecule has 152 valence electrons. The maximum Gasteiger partial charge on any atom is 0.573 e. The Bertz CT molecular complexity index is 918. The normalized spacial score (nSPS) is 23.4. The number of fused-ring (bicyclic) bond motifs is 3. The van der Waals surface area contributed by atoms with E-state index in [1.165, 1.54) is 55.4 Å². The van der Waals surface area contributed by atoms with E-state index in [4.69, 9.17) is 0 Å². The topological polar surface area (TPSA) is 9.23 Å². The molecule has 4 heteroatoms. The van der Waals surface area contributed by atoms with Crippen LogP contribution < -0.4 is 4.74 Å². The monoisotopic (exact) mass is 398 g/mol. The number of halogens is 3. The molecule has 2 aromatic rings. The van der Waals surface area contributed by atoms with Crippen molar-refractivity contribution in [2.24, 2.45) is 11.8 Å². The molecule has 0 bridgehead atoms. The zero-order chi connectivity index (χ0) is 20.4. The summed E-state index contributed by atoms with van der Waals surface area (Å²) in [6.45, 7) is 2.31. The van der Waals surface area contributed by atoms with Crippen molar-refractivity contribution in [3.63, 3.8) is 0 Å². The predicted octanol–water partition coefficient (Wildman–Crippen LogP) is 6.84. The van der Waals surface area contributed by atoms with Gasteiger partial charge in [-0.25, -0.2) is 0 Å². The van der Waals surface area contributed by atoms with Crippen molar-refractivity contribution in [2.45, 2.75) is 57.7 Å². The molecule has 0 heterocycles. The highest BCUT2D eigenvalue weighted by Gasteiger charge is 2.34. The lowest BCUT2D eigenvalue weighted by Crippen LogP contribution is -2.27. The second-order valence-corrected chi connectivity index (χ2v) is 8.23. The van der Waals surface area contributed by atoms with Gasteiger partial charge in [0.05, 0.1) is 0 Å². The number of ether oxygens (including phenoxy) is 1. The fourth-order valence-corrected chi connectivity index (χ4v) is 4.95. The zero-order valence-corrected chi connectivity index (χ0v) is 16.6. The molecule has 3 atom stereocenters. The lowest BCUT2D eigenvalue weighted by atomic mass is 9.65. The van der Waals surface area contributed by atoms with Crippen molar-refractivity contribution in [1.29, 1.82) is 0 Å². The second kappa shape index (κ2) is 8.14. The van der Waals surface area contributed by atoms with Crippen LogP contribution in [-0.4, -0.2) is 6.36 Å². The first-order valence-electron chi connectivity index (χ1n) is 10.4. The molecule has 2 aliphatic rings. The SMILES string of the molecule is CC[C@@H]1CC[C@@H]2c3ccc(C#Cc4ccc(OC(F)(F)F)cc4)cc3CC[C@@H]2C1. The van der Waals surface area contributed by atoms with Gasteiger partial charge < -0.3 is 4.74 Å². The van der Waals surface area contributed by atoms with Crippen molar-refractivity contribution in [3.8, 4) is 17.6 Å². The van der Waals surface area contributed by atoms with E-state index < -0.39 is 6.36 Å². The van der Waals surface area contributed by atoms with E-state index in [1.807, 2.05) is 0 Å². The summed E-state index contributed by atoms with van der Waals surface area (Å²) in [4.78, 5) is 0. The third-order valence-electron chi connectivity index (χ3n) is 6.43. The molecule has 1 saturated carbocycles. The Morgan fingerprint density at radius 1 is 0.966 bits per heavy atom. The highest BCUT2D eigenvalue weighted by atomic mass is 19.4. The number of hydrogen-bond donors (Lipinski definition) is 0. The lowest BCUT2D eigenvalue weighted by Gasteiger charge is -2.40. The average molecular weight is 398 g/mol. The second-order valence-electron chi connectivity index (χ2n) is 8.23. The summed E-state index contributed by atoms with van der Waals surface area (Å²) in [7, 11) is 0. The summed E-state index contributed by atoms with van der Waals surface area (Å²) in [5.74, 6) is 8.39. The van der Waals surface area contributed by atoms with Gasteiger partial charge in [0.15, 0.2) is 0 Å². The molecule has 0 radical (unpaired) electrons. The van der Waals surface area contributed by atoms with Gasteiger partial charge in [-0.05, 0) is 97.4 Å². The van der Waals surface area contributed by atoms with Crippen LogP contribution in [0.1, 0.15) is 67.2 Å². The van der Waals surface area contributed by atoms with Crippen LogP contribution in [-0.2, 0) is 6.42 Å². The molecule has 0 N–H and O–H groups in total. The van der Waals surface area contributed by atoms with Gasteiger partial charge in [-0.15, -0.1) is 13.2 Å². The highest BCUT2D eigenvalue weighted by molar-refractivity contribution is 5.48. The fraction of sp³-hybridized carbons (Fsp3) is 0.440. The van der Waals surface area contributed by atoms with Crippen molar-refractivity contribution in [1.82, 2.24) is 0 Å². The Morgan fingerprint density at radius 2 is 1.69 bits per heavy atom. The zero-order valence-electron chi connectivity index (χ0n) is 16.6. The Kier molecular flexibility index (Phi) is 5.58. The van der Waals surface area contributed by atoms with Crippen molar-refractivity contribution < 1.29 is 17.9 Å². The lowest BCUT2D eigenvalue weighted by molar-refractivity contribution is -0.274. The Balaban J connectivity index is 1.47. The summed E-state index contributed by atoms with van der Waals surface area (Å²) >= 11 is 0. The van der Waals surface area contributed by atoms with Crippen LogP contribution in [0.3, 0.4) is 0 Å². The Morgan fingerprint density at radius 3 is 2.41 bits per heavy atom. The van der Waals surface area contributed by atoms with Crippen LogP contribution in [0.25, 0.3) is 0 Å². The molecular weight excluding hydrogens is 373 g/mol. The number of benzene rings is 2. The van der Waals surface area contributed by atoms with Crippen LogP contribution in [0.4, 0.5) is 13.2 Å². The largest absolute Gasteiger partial charge is 0.573 e. The van der Waals surface area contributed by atoms with E-state index in [0.717, 1.165) is 23.8 Å². The Hall–Kier alpha value is -2.41. The molecule has 1 nitrogen and oxygen atoms in total. The molecule has 0 aliphatic heterocycles. The number of rotatable bonds is 2. The van der Waals surface area contributed by atoms with E-state index >= 15 is 0 Å². The molecule has 2 aromatic carbocycles. The van der Waals surface area contributed by atoms with E-state index in [1.54, 1.807) is 12.1 Å². The number of aryl methyl sites for hydroxylation is 1. The maximum atomic E-state index is 12.2. The molecule has 0 unspecified atom stereocenters. The Labute approximate surface area is 170 Å². The summed E-state index contributed by atoms with van der Waals surface area (Å²) in [5.41, 5.74) is 4.55. The predicted molar refractivity (Wildman–Crippen MR) is 108 cm³/mol. The van der Waals surface area contributed by atoms with Gasteiger partial charge in [-0.3, -0.25) is 0 Å². The minimum Gasteiger partial charge on any atom is -0.406 e. The van der Waals surface area contributed by atoms with Crippen molar-refractivity contribution in [3.05, 3.63) is 64.7 Å². The van der Waals surface area contributed by atoms with Gasteiger partial charge in [0.25, 0.3) is 0 Å². The molecule has 0 saturated heterocycles.